The van der Waals surface area contributed by atoms with Gasteiger partial charge in [-0.1, -0.05) is 23.9 Å². The first-order chi connectivity index (χ1) is 11.6. The molecule has 0 unspecified atom stereocenters. The number of hydrogen-bond donors (Lipinski definition) is 2. The van der Waals surface area contributed by atoms with Crippen LogP contribution in [-0.2, 0) is 14.3 Å². The highest BCUT2D eigenvalue weighted by Gasteiger charge is 2.32. The second kappa shape index (κ2) is 9.39. The SMILES string of the molecule is CCOCCCN=C1NC(=O)[C@@H](CC(=O)Nc2ccccc2F)S1. The minimum atomic E-state index is -0.553. The van der Waals surface area contributed by atoms with E-state index >= 15 is 0 Å². The zero-order valence-corrected chi connectivity index (χ0v) is 14.2. The third-order valence-corrected chi connectivity index (χ3v) is 4.32. The van der Waals surface area contributed by atoms with E-state index in [0.29, 0.717) is 24.9 Å². The van der Waals surface area contributed by atoms with Crippen molar-refractivity contribution in [3.8, 4) is 0 Å². The summed E-state index contributed by atoms with van der Waals surface area (Å²) >= 11 is 1.22. The number of hydrogen-bond acceptors (Lipinski definition) is 5. The summed E-state index contributed by atoms with van der Waals surface area (Å²) < 4.78 is 18.7. The van der Waals surface area contributed by atoms with Crippen LogP contribution in [0.1, 0.15) is 19.8 Å². The summed E-state index contributed by atoms with van der Waals surface area (Å²) in [7, 11) is 0. The molecule has 0 spiro atoms. The number of ether oxygens (including phenoxy) is 1. The van der Waals surface area contributed by atoms with Gasteiger partial charge >= 0.3 is 0 Å². The molecule has 1 atom stereocenters. The number of nitrogens with zero attached hydrogens (tertiary/aromatic N) is 1. The Balaban J connectivity index is 1.80. The molecule has 24 heavy (non-hydrogen) atoms. The minimum Gasteiger partial charge on any atom is -0.382 e. The van der Waals surface area contributed by atoms with Gasteiger partial charge in [0.05, 0.1) is 5.69 Å². The van der Waals surface area contributed by atoms with Gasteiger partial charge in [-0.05, 0) is 25.5 Å². The number of nitrogens with one attached hydrogen (secondary N) is 2. The second-order valence-electron chi connectivity index (χ2n) is 5.07. The Kier molecular flexibility index (Phi) is 7.20. The van der Waals surface area contributed by atoms with Crippen LogP contribution in [0.25, 0.3) is 0 Å². The van der Waals surface area contributed by atoms with Gasteiger partial charge in [0, 0.05) is 26.2 Å². The molecule has 2 N–H and O–H groups in total. The number of halogens is 1. The molecule has 1 heterocycles. The molecule has 1 aliphatic rings. The van der Waals surface area contributed by atoms with Crippen molar-refractivity contribution in [2.75, 3.05) is 25.1 Å². The summed E-state index contributed by atoms with van der Waals surface area (Å²) in [5, 5.41) is 5.09. The van der Waals surface area contributed by atoms with Crippen LogP contribution in [0.4, 0.5) is 10.1 Å². The van der Waals surface area contributed by atoms with E-state index in [9.17, 15) is 14.0 Å². The Labute approximate surface area is 144 Å². The number of para-hydroxylation sites is 1. The zero-order chi connectivity index (χ0) is 17.4. The van der Waals surface area contributed by atoms with Crippen LogP contribution in [0.5, 0.6) is 0 Å². The highest BCUT2D eigenvalue weighted by molar-refractivity contribution is 8.15. The summed E-state index contributed by atoms with van der Waals surface area (Å²) in [6.45, 7) is 3.77. The molecule has 130 valence electrons. The number of rotatable bonds is 8. The summed E-state index contributed by atoms with van der Waals surface area (Å²) in [5.41, 5.74) is 0.107. The molecule has 6 nitrogen and oxygen atoms in total. The van der Waals surface area contributed by atoms with E-state index in [0.717, 1.165) is 6.42 Å². The maximum Gasteiger partial charge on any atom is 0.240 e. The molecule has 0 aromatic heterocycles. The predicted molar refractivity (Wildman–Crippen MR) is 92.6 cm³/mol. The van der Waals surface area contributed by atoms with Crippen LogP contribution in [-0.4, -0.2) is 42.0 Å². The molecule has 1 saturated heterocycles. The normalized spacial score (nSPS) is 18.7. The van der Waals surface area contributed by atoms with E-state index < -0.39 is 17.0 Å². The van der Waals surface area contributed by atoms with E-state index in [1.807, 2.05) is 6.92 Å². The number of amides is 2. The van der Waals surface area contributed by atoms with Gasteiger partial charge in [0.15, 0.2) is 5.17 Å². The van der Waals surface area contributed by atoms with Crippen molar-refractivity contribution in [1.82, 2.24) is 5.32 Å². The standard InChI is InChI=1S/C16H20FN3O3S/c1-2-23-9-5-8-18-16-20-15(22)13(24-16)10-14(21)19-12-7-4-3-6-11(12)17/h3-4,6-7,13H,2,5,8-10H2,1H3,(H,19,21)(H,18,20,22)/t13-/m1/s1. The monoisotopic (exact) mass is 353 g/mol. The molecular weight excluding hydrogens is 333 g/mol. The molecule has 1 aromatic rings. The van der Waals surface area contributed by atoms with Crippen molar-refractivity contribution >= 4 is 34.4 Å². The van der Waals surface area contributed by atoms with Crippen LogP contribution >= 0.6 is 11.8 Å². The Morgan fingerprint density at radius 3 is 3.00 bits per heavy atom. The fourth-order valence-corrected chi connectivity index (χ4v) is 3.03. The fourth-order valence-electron chi connectivity index (χ4n) is 2.04. The number of benzene rings is 1. The maximum atomic E-state index is 13.5. The smallest absolute Gasteiger partial charge is 0.240 e. The number of anilines is 1. The van der Waals surface area contributed by atoms with Gasteiger partial charge in [-0.15, -0.1) is 0 Å². The first-order valence-corrected chi connectivity index (χ1v) is 8.62. The Morgan fingerprint density at radius 2 is 2.25 bits per heavy atom. The van der Waals surface area contributed by atoms with Crippen molar-refractivity contribution in [3.63, 3.8) is 0 Å². The Hall–Kier alpha value is -1.93. The number of thioether (sulfide) groups is 1. The lowest BCUT2D eigenvalue weighted by Gasteiger charge is -2.08. The molecule has 2 amide bonds. The quantitative estimate of drug-likeness (QED) is 0.702. The molecule has 0 saturated carbocycles. The summed E-state index contributed by atoms with van der Waals surface area (Å²) in [6.07, 6.45) is 0.731. The molecule has 2 rings (SSSR count). The van der Waals surface area contributed by atoms with Gasteiger partial charge in [0.25, 0.3) is 0 Å². The molecular formula is C16H20FN3O3S. The van der Waals surface area contributed by atoms with E-state index in [1.54, 1.807) is 12.1 Å². The van der Waals surface area contributed by atoms with Crippen LogP contribution in [0.3, 0.4) is 0 Å². The molecule has 1 fully saturated rings. The minimum absolute atomic E-state index is 0.0389. The largest absolute Gasteiger partial charge is 0.382 e. The number of aliphatic imine (C=N–C) groups is 1. The van der Waals surface area contributed by atoms with Gasteiger partial charge in [-0.3, -0.25) is 14.6 Å². The zero-order valence-electron chi connectivity index (χ0n) is 13.4. The van der Waals surface area contributed by atoms with Crippen LogP contribution in [0, 0.1) is 5.82 Å². The molecule has 8 heteroatoms. The molecule has 0 bridgehead atoms. The number of carbonyl (C=O) groups excluding carboxylic acids is 2. The molecule has 0 aliphatic carbocycles. The van der Waals surface area contributed by atoms with Crippen molar-refractivity contribution in [2.24, 2.45) is 4.99 Å². The Bertz CT molecular complexity index is 624. The number of amidine groups is 1. The Morgan fingerprint density at radius 1 is 1.46 bits per heavy atom. The van der Waals surface area contributed by atoms with E-state index in [2.05, 4.69) is 15.6 Å². The van der Waals surface area contributed by atoms with Crippen LogP contribution in [0.15, 0.2) is 29.3 Å². The van der Waals surface area contributed by atoms with Crippen LogP contribution < -0.4 is 10.6 Å². The summed E-state index contributed by atoms with van der Waals surface area (Å²) in [6, 6.07) is 5.91. The highest BCUT2D eigenvalue weighted by atomic mass is 32.2. The average Bonchev–Trinajstić information content (AvgIpc) is 2.89. The predicted octanol–water partition coefficient (Wildman–Crippen LogP) is 2.17. The van der Waals surface area contributed by atoms with Gasteiger partial charge in [-0.25, -0.2) is 4.39 Å². The first-order valence-electron chi connectivity index (χ1n) is 7.74. The lowest BCUT2D eigenvalue weighted by atomic mass is 10.2. The van der Waals surface area contributed by atoms with Crippen molar-refractivity contribution in [1.29, 1.82) is 0 Å². The maximum absolute atomic E-state index is 13.5. The summed E-state index contributed by atoms with van der Waals surface area (Å²) in [4.78, 5) is 28.1. The second-order valence-corrected chi connectivity index (χ2v) is 6.26. The molecule has 1 aliphatic heterocycles. The molecule has 1 aromatic carbocycles. The van der Waals surface area contributed by atoms with Gasteiger partial charge in [-0.2, -0.15) is 0 Å². The average molecular weight is 353 g/mol. The lowest BCUT2D eigenvalue weighted by molar-refractivity contribution is -0.122. The van der Waals surface area contributed by atoms with Crippen molar-refractivity contribution in [3.05, 3.63) is 30.1 Å². The summed E-state index contributed by atoms with van der Waals surface area (Å²) in [5.74, 6) is -1.18. The van der Waals surface area contributed by atoms with Gasteiger partial charge in [0.2, 0.25) is 11.8 Å². The highest BCUT2D eigenvalue weighted by Crippen LogP contribution is 2.23. The first kappa shape index (κ1) is 18.4. The van der Waals surface area contributed by atoms with Crippen molar-refractivity contribution in [2.45, 2.75) is 25.0 Å². The van der Waals surface area contributed by atoms with Crippen LogP contribution in [0.2, 0.25) is 0 Å². The lowest BCUT2D eigenvalue weighted by Crippen LogP contribution is -2.28. The third kappa shape index (κ3) is 5.61. The fraction of sp³-hybridized carbons (Fsp3) is 0.438. The van der Waals surface area contributed by atoms with Gasteiger partial charge < -0.3 is 15.4 Å². The van der Waals surface area contributed by atoms with E-state index in [1.165, 1.54) is 23.9 Å². The van der Waals surface area contributed by atoms with Crippen molar-refractivity contribution < 1.29 is 18.7 Å². The molecule has 0 radical (unpaired) electrons. The third-order valence-electron chi connectivity index (χ3n) is 3.20. The topological polar surface area (TPSA) is 79.8 Å². The number of carbonyl (C=O) groups is 2. The van der Waals surface area contributed by atoms with Gasteiger partial charge in [0.1, 0.15) is 11.1 Å². The van der Waals surface area contributed by atoms with E-state index in [4.69, 9.17) is 4.74 Å². The van der Waals surface area contributed by atoms with E-state index in [-0.39, 0.29) is 18.0 Å².